The Morgan fingerprint density at radius 3 is 2.75 bits per heavy atom. The van der Waals surface area contributed by atoms with E-state index in [-0.39, 0.29) is 0 Å². The van der Waals surface area contributed by atoms with Gasteiger partial charge in [-0.15, -0.1) is 11.3 Å². The van der Waals surface area contributed by atoms with Gasteiger partial charge >= 0.3 is 0 Å². The van der Waals surface area contributed by atoms with Crippen LogP contribution in [0.15, 0.2) is 6.07 Å². The van der Waals surface area contributed by atoms with Crippen LogP contribution in [0.25, 0.3) is 0 Å². The summed E-state index contributed by atoms with van der Waals surface area (Å²) >= 11 is 7.63. The highest BCUT2D eigenvalue weighted by atomic mass is 35.5. The van der Waals surface area contributed by atoms with Gasteiger partial charge in [0.05, 0.1) is 4.34 Å². The van der Waals surface area contributed by atoms with E-state index in [1.54, 1.807) is 11.3 Å². The van der Waals surface area contributed by atoms with Gasteiger partial charge in [-0.05, 0) is 44.4 Å². The number of unbranched alkanes of at least 4 members (excludes halogenated alkanes) is 1. The van der Waals surface area contributed by atoms with Gasteiger partial charge in [-0.25, -0.2) is 0 Å². The van der Waals surface area contributed by atoms with Gasteiger partial charge in [-0.3, -0.25) is 0 Å². The normalized spacial score (nSPS) is 10.6. The quantitative estimate of drug-likeness (QED) is 0.749. The molecule has 0 radical (unpaired) electrons. The lowest BCUT2D eigenvalue weighted by molar-refractivity contribution is 0.751. The minimum Gasteiger partial charge on any atom is -0.330 e. The van der Waals surface area contributed by atoms with Crippen molar-refractivity contribution in [3.63, 3.8) is 0 Å². The largest absolute Gasteiger partial charge is 0.330 e. The Bertz CT molecular complexity index is 225. The molecular weight excluding hydrogens is 190 g/mol. The average Bonchev–Trinajstić information content (AvgIpc) is 2.32. The molecule has 1 aromatic heterocycles. The lowest BCUT2D eigenvalue weighted by Gasteiger charge is -1.94. The van der Waals surface area contributed by atoms with Crippen molar-refractivity contribution in [2.75, 3.05) is 6.54 Å². The number of thiophene rings is 1. The molecule has 0 aromatic carbocycles. The fraction of sp³-hybridized carbons (Fsp3) is 0.556. The SMILES string of the molecule is Cc1cc(CCCCN)sc1Cl. The van der Waals surface area contributed by atoms with E-state index >= 15 is 0 Å². The number of rotatable bonds is 4. The molecule has 1 nitrogen and oxygen atoms in total. The van der Waals surface area contributed by atoms with E-state index in [0.717, 1.165) is 23.7 Å². The molecule has 68 valence electrons. The number of nitrogens with two attached hydrogens (primary N) is 1. The first-order valence-electron chi connectivity index (χ1n) is 4.19. The topological polar surface area (TPSA) is 26.0 Å². The van der Waals surface area contributed by atoms with Crippen molar-refractivity contribution in [2.45, 2.75) is 26.2 Å². The molecule has 0 amide bonds. The highest BCUT2D eigenvalue weighted by Gasteiger charge is 2.01. The second kappa shape index (κ2) is 4.85. The van der Waals surface area contributed by atoms with Crippen LogP contribution in [0.4, 0.5) is 0 Å². The summed E-state index contributed by atoms with van der Waals surface area (Å²) in [5, 5.41) is 0. The summed E-state index contributed by atoms with van der Waals surface area (Å²) < 4.78 is 0.928. The summed E-state index contributed by atoms with van der Waals surface area (Å²) in [6.07, 6.45) is 3.40. The Balaban J connectivity index is 2.42. The Labute approximate surface area is 82.5 Å². The fourth-order valence-corrected chi connectivity index (χ4v) is 2.37. The zero-order valence-electron chi connectivity index (χ0n) is 7.27. The number of aryl methyl sites for hydroxylation is 2. The third-order valence-corrected chi connectivity index (χ3v) is 3.40. The summed E-state index contributed by atoms with van der Waals surface area (Å²) in [6.45, 7) is 2.84. The van der Waals surface area contributed by atoms with E-state index in [0.29, 0.717) is 0 Å². The maximum absolute atomic E-state index is 5.94. The number of hydrogen-bond acceptors (Lipinski definition) is 2. The molecule has 1 aromatic rings. The Kier molecular flexibility index (Phi) is 4.06. The standard InChI is InChI=1S/C9H14ClNS/c1-7-6-8(12-9(7)10)4-2-3-5-11/h6H,2-5,11H2,1H3. The van der Waals surface area contributed by atoms with Gasteiger partial charge in [0, 0.05) is 4.88 Å². The predicted octanol–water partition coefficient (Wildman–Crippen LogP) is 2.99. The first-order chi connectivity index (χ1) is 5.74. The van der Waals surface area contributed by atoms with Crippen LogP contribution in [0.3, 0.4) is 0 Å². The van der Waals surface area contributed by atoms with Crippen LogP contribution in [-0.2, 0) is 6.42 Å². The molecule has 0 aliphatic rings. The molecule has 0 fully saturated rings. The second-order valence-corrected chi connectivity index (χ2v) is 4.65. The summed E-state index contributed by atoms with van der Waals surface area (Å²) in [7, 11) is 0. The van der Waals surface area contributed by atoms with Gasteiger partial charge in [0.15, 0.2) is 0 Å². The molecule has 1 heterocycles. The third kappa shape index (κ3) is 2.77. The number of halogens is 1. The van der Waals surface area contributed by atoms with Crippen molar-refractivity contribution in [2.24, 2.45) is 5.73 Å². The van der Waals surface area contributed by atoms with Gasteiger partial charge in [0.1, 0.15) is 0 Å². The minimum atomic E-state index is 0.790. The lowest BCUT2D eigenvalue weighted by Crippen LogP contribution is -1.98. The average molecular weight is 204 g/mol. The van der Waals surface area contributed by atoms with Crippen molar-refractivity contribution in [1.82, 2.24) is 0 Å². The molecular formula is C9H14ClNS. The van der Waals surface area contributed by atoms with Crippen molar-refractivity contribution < 1.29 is 0 Å². The molecule has 0 aliphatic heterocycles. The third-order valence-electron chi connectivity index (χ3n) is 1.79. The van der Waals surface area contributed by atoms with Gasteiger partial charge in [0.2, 0.25) is 0 Å². The van der Waals surface area contributed by atoms with E-state index in [2.05, 4.69) is 6.07 Å². The van der Waals surface area contributed by atoms with E-state index < -0.39 is 0 Å². The fourth-order valence-electron chi connectivity index (χ4n) is 1.09. The van der Waals surface area contributed by atoms with Crippen LogP contribution >= 0.6 is 22.9 Å². The maximum atomic E-state index is 5.94. The molecule has 12 heavy (non-hydrogen) atoms. The van der Waals surface area contributed by atoms with E-state index in [9.17, 15) is 0 Å². The minimum absolute atomic E-state index is 0.790. The van der Waals surface area contributed by atoms with Gasteiger partial charge in [-0.1, -0.05) is 11.6 Å². The molecule has 3 heteroatoms. The van der Waals surface area contributed by atoms with Gasteiger partial charge < -0.3 is 5.73 Å². The number of hydrogen-bond donors (Lipinski definition) is 1. The van der Waals surface area contributed by atoms with E-state index in [1.807, 2.05) is 6.92 Å². The first-order valence-corrected chi connectivity index (χ1v) is 5.38. The van der Waals surface area contributed by atoms with Crippen molar-refractivity contribution in [1.29, 1.82) is 0 Å². The van der Waals surface area contributed by atoms with Crippen LogP contribution in [0.1, 0.15) is 23.3 Å². The van der Waals surface area contributed by atoms with Crippen molar-refractivity contribution in [3.8, 4) is 0 Å². The summed E-state index contributed by atoms with van der Waals surface area (Å²) in [5.74, 6) is 0. The first kappa shape index (κ1) is 10.0. The van der Waals surface area contributed by atoms with Crippen LogP contribution in [0.2, 0.25) is 4.34 Å². The molecule has 0 aliphatic carbocycles. The predicted molar refractivity (Wildman–Crippen MR) is 56.1 cm³/mol. The maximum Gasteiger partial charge on any atom is 0.0960 e. The van der Waals surface area contributed by atoms with E-state index in [1.165, 1.54) is 16.9 Å². The van der Waals surface area contributed by atoms with Gasteiger partial charge in [-0.2, -0.15) is 0 Å². The zero-order chi connectivity index (χ0) is 8.97. The zero-order valence-corrected chi connectivity index (χ0v) is 8.84. The molecule has 0 bridgehead atoms. The van der Waals surface area contributed by atoms with Crippen molar-refractivity contribution in [3.05, 3.63) is 20.8 Å². The molecule has 0 saturated carbocycles. The Hall–Kier alpha value is -0.0500. The molecule has 1 rings (SSSR count). The van der Waals surface area contributed by atoms with Crippen LogP contribution < -0.4 is 5.73 Å². The second-order valence-electron chi connectivity index (χ2n) is 2.92. The van der Waals surface area contributed by atoms with Crippen LogP contribution in [0, 0.1) is 6.92 Å². The van der Waals surface area contributed by atoms with E-state index in [4.69, 9.17) is 17.3 Å². The summed E-state index contributed by atoms with van der Waals surface area (Å²) in [4.78, 5) is 1.38. The molecule has 0 spiro atoms. The van der Waals surface area contributed by atoms with Crippen LogP contribution in [-0.4, -0.2) is 6.54 Å². The summed E-state index contributed by atoms with van der Waals surface area (Å²) in [6, 6.07) is 2.17. The lowest BCUT2D eigenvalue weighted by atomic mass is 10.2. The van der Waals surface area contributed by atoms with Crippen molar-refractivity contribution >= 4 is 22.9 Å². The van der Waals surface area contributed by atoms with Crippen LogP contribution in [0.5, 0.6) is 0 Å². The smallest absolute Gasteiger partial charge is 0.0960 e. The Morgan fingerprint density at radius 2 is 2.25 bits per heavy atom. The highest BCUT2D eigenvalue weighted by Crippen LogP contribution is 2.27. The molecule has 2 N–H and O–H groups in total. The Morgan fingerprint density at radius 1 is 1.50 bits per heavy atom. The van der Waals surface area contributed by atoms with Gasteiger partial charge in [0.25, 0.3) is 0 Å². The molecule has 0 atom stereocenters. The monoisotopic (exact) mass is 203 g/mol. The molecule has 0 unspecified atom stereocenters. The summed E-state index contributed by atoms with van der Waals surface area (Å²) in [5.41, 5.74) is 6.60. The molecule has 0 saturated heterocycles. The highest BCUT2D eigenvalue weighted by molar-refractivity contribution is 7.16.